The van der Waals surface area contributed by atoms with Crippen LogP contribution < -0.4 is 5.32 Å². The summed E-state index contributed by atoms with van der Waals surface area (Å²) in [6.45, 7) is 0.643. The van der Waals surface area contributed by atoms with Gasteiger partial charge in [0.15, 0.2) is 5.82 Å². The van der Waals surface area contributed by atoms with Crippen molar-refractivity contribution < 1.29 is 26.5 Å². The molecule has 9 heteroatoms. The SMILES string of the molecule is FC(F)(F)C(F)(F)c1nc(C2CCCN2)no1. The molecule has 4 nitrogen and oxygen atoms in total. The van der Waals surface area contributed by atoms with Crippen LogP contribution in [0.15, 0.2) is 4.52 Å². The Labute approximate surface area is 92.2 Å². The van der Waals surface area contributed by atoms with E-state index in [1.54, 1.807) is 0 Å². The summed E-state index contributed by atoms with van der Waals surface area (Å²) in [7, 11) is 0. The first-order chi connectivity index (χ1) is 7.82. The van der Waals surface area contributed by atoms with Gasteiger partial charge < -0.3 is 9.84 Å². The number of halogens is 5. The van der Waals surface area contributed by atoms with Crippen molar-refractivity contribution in [3.8, 4) is 0 Å². The van der Waals surface area contributed by atoms with Gasteiger partial charge in [0.2, 0.25) is 0 Å². The maximum atomic E-state index is 12.8. The van der Waals surface area contributed by atoms with E-state index in [9.17, 15) is 22.0 Å². The minimum Gasteiger partial charge on any atom is -0.332 e. The maximum Gasteiger partial charge on any atom is 0.463 e. The smallest absolute Gasteiger partial charge is 0.332 e. The first kappa shape index (κ1) is 12.2. The lowest BCUT2D eigenvalue weighted by Crippen LogP contribution is -2.34. The molecule has 2 rings (SSSR count). The van der Waals surface area contributed by atoms with Crippen molar-refractivity contribution in [2.24, 2.45) is 0 Å². The van der Waals surface area contributed by atoms with E-state index in [-0.39, 0.29) is 5.82 Å². The van der Waals surface area contributed by atoms with Crippen LogP contribution in [0.4, 0.5) is 22.0 Å². The summed E-state index contributed by atoms with van der Waals surface area (Å²) in [5, 5.41) is 6.01. The molecule has 0 amide bonds. The highest BCUT2D eigenvalue weighted by atomic mass is 19.4. The molecule has 1 aliphatic rings. The van der Waals surface area contributed by atoms with Gasteiger partial charge in [-0.1, -0.05) is 5.16 Å². The minimum absolute atomic E-state index is 0.165. The Morgan fingerprint density at radius 2 is 1.94 bits per heavy atom. The highest BCUT2D eigenvalue weighted by molar-refractivity contribution is 5.02. The van der Waals surface area contributed by atoms with E-state index in [0.29, 0.717) is 13.0 Å². The first-order valence-electron chi connectivity index (χ1n) is 4.84. The quantitative estimate of drug-likeness (QED) is 0.825. The predicted molar refractivity (Wildman–Crippen MR) is 44.2 cm³/mol. The van der Waals surface area contributed by atoms with Gasteiger partial charge in [0.05, 0.1) is 6.04 Å². The molecule has 0 radical (unpaired) electrons. The van der Waals surface area contributed by atoms with Crippen LogP contribution in [-0.2, 0) is 5.92 Å². The lowest BCUT2D eigenvalue weighted by atomic mass is 10.2. The largest absolute Gasteiger partial charge is 0.463 e. The second-order valence-corrected chi connectivity index (χ2v) is 3.68. The number of hydrogen-bond donors (Lipinski definition) is 1. The van der Waals surface area contributed by atoms with Gasteiger partial charge in [-0.3, -0.25) is 0 Å². The summed E-state index contributed by atoms with van der Waals surface area (Å²) in [5.41, 5.74) is 0. The van der Waals surface area contributed by atoms with Gasteiger partial charge in [0.1, 0.15) is 0 Å². The summed E-state index contributed by atoms with van der Waals surface area (Å²) >= 11 is 0. The van der Waals surface area contributed by atoms with Gasteiger partial charge in [-0.05, 0) is 19.4 Å². The molecule has 0 saturated carbocycles. The Hall–Kier alpha value is -1.25. The van der Waals surface area contributed by atoms with Gasteiger partial charge >= 0.3 is 18.0 Å². The van der Waals surface area contributed by atoms with Crippen LogP contribution >= 0.6 is 0 Å². The Bertz CT molecular complexity index is 396. The summed E-state index contributed by atoms with van der Waals surface area (Å²) in [4.78, 5) is 3.12. The van der Waals surface area contributed by atoms with Gasteiger partial charge in [-0.15, -0.1) is 0 Å². The normalized spacial score (nSPS) is 22.1. The Morgan fingerprint density at radius 1 is 1.24 bits per heavy atom. The van der Waals surface area contributed by atoms with Crippen molar-refractivity contribution in [3.05, 3.63) is 11.7 Å². The first-order valence-corrected chi connectivity index (χ1v) is 4.84. The van der Waals surface area contributed by atoms with Crippen molar-refractivity contribution in [3.63, 3.8) is 0 Å². The number of rotatable bonds is 2. The molecule has 96 valence electrons. The van der Waals surface area contributed by atoms with Gasteiger partial charge in [0.25, 0.3) is 0 Å². The second-order valence-electron chi connectivity index (χ2n) is 3.68. The van der Waals surface area contributed by atoms with Crippen molar-refractivity contribution in [1.29, 1.82) is 0 Å². The zero-order valence-electron chi connectivity index (χ0n) is 8.39. The topological polar surface area (TPSA) is 51.0 Å². The van der Waals surface area contributed by atoms with Crippen molar-refractivity contribution in [2.45, 2.75) is 31.0 Å². The second kappa shape index (κ2) is 3.90. The Morgan fingerprint density at radius 3 is 2.47 bits per heavy atom. The van der Waals surface area contributed by atoms with Crippen molar-refractivity contribution in [1.82, 2.24) is 15.5 Å². The van der Waals surface area contributed by atoms with Crippen molar-refractivity contribution in [2.75, 3.05) is 6.54 Å². The number of nitrogens with one attached hydrogen (secondary N) is 1. The molecular formula is C8H8F5N3O. The van der Waals surface area contributed by atoms with Crippen LogP contribution in [0, 0.1) is 0 Å². The predicted octanol–water partition coefficient (Wildman–Crippen LogP) is 2.15. The van der Waals surface area contributed by atoms with Crippen LogP contribution in [0.25, 0.3) is 0 Å². The van der Waals surface area contributed by atoms with E-state index < -0.39 is 24.0 Å². The lowest BCUT2D eigenvalue weighted by Gasteiger charge is -2.14. The molecule has 1 aliphatic heterocycles. The van der Waals surface area contributed by atoms with E-state index >= 15 is 0 Å². The third-order valence-electron chi connectivity index (χ3n) is 2.44. The van der Waals surface area contributed by atoms with Gasteiger partial charge in [0, 0.05) is 0 Å². The van der Waals surface area contributed by atoms with Crippen molar-refractivity contribution >= 4 is 0 Å². The molecule has 0 spiro atoms. The average Bonchev–Trinajstić information content (AvgIpc) is 2.87. The fourth-order valence-corrected chi connectivity index (χ4v) is 1.53. The molecule has 0 bridgehead atoms. The van der Waals surface area contributed by atoms with E-state index in [0.717, 1.165) is 6.42 Å². The van der Waals surface area contributed by atoms with E-state index in [4.69, 9.17) is 0 Å². The Balaban J connectivity index is 2.23. The molecule has 1 saturated heterocycles. The molecule has 1 unspecified atom stereocenters. The van der Waals surface area contributed by atoms with E-state index in [1.807, 2.05) is 0 Å². The molecule has 1 N–H and O–H groups in total. The zero-order valence-corrected chi connectivity index (χ0v) is 8.39. The van der Waals surface area contributed by atoms with Gasteiger partial charge in [-0.25, -0.2) is 0 Å². The highest BCUT2D eigenvalue weighted by Gasteiger charge is 2.63. The summed E-state index contributed by atoms with van der Waals surface area (Å²) in [6, 6.07) is -0.420. The monoisotopic (exact) mass is 257 g/mol. The molecule has 1 aromatic heterocycles. The zero-order chi connectivity index (χ0) is 12.7. The number of alkyl halides is 5. The van der Waals surface area contributed by atoms with Gasteiger partial charge in [-0.2, -0.15) is 26.9 Å². The van der Waals surface area contributed by atoms with Crippen LogP contribution in [0.1, 0.15) is 30.6 Å². The number of hydrogen-bond acceptors (Lipinski definition) is 4. The number of nitrogens with zero attached hydrogens (tertiary/aromatic N) is 2. The molecule has 0 aliphatic carbocycles. The summed E-state index contributed by atoms with van der Waals surface area (Å²) in [5.74, 6) is -6.99. The maximum absolute atomic E-state index is 12.8. The molecule has 0 aromatic carbocycles. The van der Waals surface area contributed by atoms with E-state index in [1.165, 1.54) is 0 Å². The minimum atomic E-state index is -5.74. The summed E-state index contributed by atoms with van der Waals surface area (Å²) < 4.78 is 65.7. The molecule has 1 fully saturated rings. The molecule has 1 atom stereocenters. The molecule has 1 aromatic rings. The molecule has 2 heterocycles. The van der Waals surface area contributed by atoms with E-state index in [2.05, 4.69) is 20.0 Å². The average molecular weight is 257 g/mol. The van der Waals surface area contributed by atoms with Crippen LogP contribution in [0.3, 0.4) is 0 Å². The standard InChI is InChI=1S/C8H8F5N3O/c9-7(10,8(11,12)13)6-15-5(16-17-6)4-2-1-3-14-4/h4,14H,1-3H2. The molecular weight excluding hydrogens is 249 g/mol. The van der Waals surface area contributed by atoms with Crippen LogP contribution in [0.5, 0.6) is 0 Å². The third kappa shape index (κ3) is 2.11. The van der Waals surface area contributed by atoms with Crippen LogP contribution in [0.2, 0.25) is 0 Å². The lowest BCUT2D eigenvalue weighted by molar-refractivity contribution is -0.298. The molecule has 17 heavy (non-hydrogen) atoms. The highest BCUT2D eigenvalue weighted by Crippen LogP contribution is 2.43. The third-order valence-corrected chi connectivity index (χ3v) is 2.44. The number of aromatic nitrogens is 2. The Kier molecular flexibility index (Phi) is 2.80. The van der Waals surface area contributed by atoms with Crippen LogP contribution in [-0.4, -0.2) is 22.9 Å². The summed E-state index contributed by atoms with van der Waals surface area (Å²) in [6.07, 6.45) is -4.37. The fraction of sp³-hybridized carbons (Fsp3) is 0.750. The fourth-order valence-electron chi connectivity index (χ4n) is 1.53.